The molecule has 2 aliphatic rings. The fraction of sp³-hybridized carbons (Fsp3) is 0.714. The molecule has 0 spiro atoms. The predicted octanol–water partition coefficient (Wildman–Crippen LogP) is 3.54. The quantitative estimate of drug-likeness (QED) is 0.887. The van der Waals surface area contributed by atoms with E-state index in [0.717, 1.165) is 30.8 Å². The summed E-state index contributed by atoms with van der Waals surface area (Å²) in [4.78, 5) is 18.1. The van der Waals surface area contributed by atoms with Gasteiger partial charge in [-0.25, -0.2) is 4.98 Å². The Labute approximate surface area is 112 Å². The molecule has 1 heterocycles. The highest BCUT2D eigenvalue weighted by Crippen LogP contribution is 2.31. The average Bonchev–Trinajstić information content (AvgIpc) is 2.82. The van der Waals surface area contributed by atoms with Gasteiger partial charge in [-0.05, 0) is 38.5 Å². The Morgan fingerprint density at radius 2 is 1.89 bits per heavy atom. The molecule has 1 aromatic rings. The zero-order valence-electron chi connectivity index (χ0n) is 10.7. The molecule has 1 aromatic heterocycles. The van der Waals surface area contributed by atoms with Crippen LogP contribution in [0.4, 0.5) is 5.13 Å². The van der Waals surface area contributed by atoms with Crippen molar-refractivity contribution < 1.29 is 4.79 Å². The number of aryl methyl sites for hydroxylation is 2. The third-order valence-corrected chi connectivity index (χ3v) is 5.12. The highest BCUT2D eigenvalue weighted by atomic mass is 32.1. The lowest BCUT2D eigenvalue weighted by Gasteiger charge is -2.19. The Morgan fingerprint density at radius 1 is 1.11 bits per heavy atom. The SMILES string of the molecule is O=C(Nc1nc2c(s1)CCCC2)C1CCCCC1. The number of hydrogen-bond acceptors (Lipinski definition) is 3. The summed E-state index contributed by atoms with van der Waals surface area (Å²) in [5.74, 6) is 0.417. The summed E-state index contributed by atoms with van der Waals surface area (Å²) in [7, 11) is 0. The summed E-state index contributed by atoms with van der Waals surface area (Å²) in [6.07, 6.45) is 10.5. The number of amides is 1. The van der Waals surface area contributed by atoms with Crippen molar-refractivity contribution >= 4 is 22.4 Å². The van der Waals surface area contributed by atoms with E-state index in [2.05, 4.69) is 10.3 Å². The van der Waals surface area contributed by atoms with E-state index in [-0.39, 0.29) is 11.8 Å². The first kappa shape index (κ1) is 12.2. The summed E-state index contributed by atoms with van der Waals surface area (Å²) < 4.78 is 0. The van der Waals surface area contributed by atoms with Crippen LogP contribution in [0.15, 0.2) is 0 Å². The summed E-state index contributed by atoms with van der Waals surface area (Å²) in [6.45, 7) is 0. The van der Waals surface area contributed by atoms with Gasteiger partial charge in [0.2, 0.25) is 5.91 Å². The molecule has 0 unspecified atom stereocenters. The van der Waals surface area contributed by atoms with Gasteiger partial charge in [-0.1, -0.05) is 19.3 Å². The number of hydrogen-bond donors (Lipinski definition) is 1. The molecule has 3 nitrogen and oxygen atoms in total. The van der Waals surface area contributed by atoms with Crippen molar-refractivity contribution in [3.8, 4) is 0 Å². The fourth-order valence-corrected chi connectivity index (χ4v) is 4.03. The number of carbonyl (C=O) groups is 1. The van der Waals surface area contributed by atoms with Gasteiger partial charge < -0.3 is 5.32 Å². The van der Waals surface area contributed by atoms with Gasteiger partial charge in [-0.2, -0.15) is 0 Å². The number of nitrogens with one attached hydrogen (secondary N) is 1. The molecule has 3 rings (SSSR count). The van der Waals surface area contributed by atoms with E-state index < -0.39 is 0 Å². The van der Waals surface area contributed by atoms with Crippen LogP contribution < -0.4 is 5.32 Å². The normalized spacial score (nSPS) is 20.4. The lowest BCUT2D eigenvalue weighted by Crippen LogP contribution is -2.24. The van der Waals surface area contributed by atoms with E-state index in [4.69, 9.17) is 0 Å². The molecule has 1 fully saturated rings. The molecule has 1 saturated carbocycles. The largest absolute Gasteiger partial charge is 0.302 e. The molecule has 2 aliphatic carbocycles. The van der Waals surface area contributed by atoms with Crippen molar-refractivity contribution in [3.63, 3.8) is 0 Å². The smallest absolute Gasteiger partial charge is 0.229 e. The Kier molecular flexibility index (Phi) is 3.64. The number of carbonyl (C=O) groups excluding carboxylic acids is 1. The lowest BCUT2D eigenvalue weighted by molar-refractivity contribution is -0.120. The van der Waals surface area contributed by atoms with E-state index in [1.807, 2.05) is 0 Å². The molecule has 0 aliphatic heterocycles. The minimum atomic E-state index is 0.195. The van der Waals surface area contributed by atoms with Crippen molar-refractivity contribution in [2.75, 3.05) is 5.32 Å². The van der Waals surface area contributed by atoms with E-state index >= 15 is 0 Å². The molecular weight excluding hydrogens is 244 g/mol. The molecule has 0 aromatic carbocycles. The van der Waals surface area contributed by atoms with Crippen LogP contribution in [0.1, 0.15) is 55.5 Å². The highest BCUT2D eigenvalue weighted by molar-refractivity contribution is 7.15. The average molecular weight is 264 g/mol. The molecule has 18 heavy (non-hydrogen) atoms. The molecule has 4 heteroatoms. The standard InChI is InChI=1S/C14H20N2OS/c17-13(10-6-2-1-3-7-10)16-14-15-11-8-4-5-9-12(11)18-14/h10H,1-9H2,(H,15,16,17). The van der Waals surface area contributed by atoms with Crippen LogP contribution in [-0.2, 0) is 17.6 Å². The van der Waals surface area contributed by atoms with Gasteiger partial charge >= 0.3 is 0 Å². The van der Waals surface area contributed by atoms with Gasteiger partial charge in [0, 0.05) is 10.8 Å². The number of fused-ring (bicyclic) bond motifs is 1. The number of anilines is 1. The Hall–Kier alpha value is -0.900. The number of aromatic nitrogens is 1. The second kappa shape index (κ2) is 5.39. The van der Waals surface area contributed by atoms with E-state index in [9.17, 15) is 4.79 Å². The Balaban J connectivity index is 1.64. The predicted molar refractivity (Wildman–Crippen MR) is 74.0 cm³/mol. The first-order valence-electron chi connectivity index (χ1n) is 7.12. The molecule has 98 valence electrons. The number of nitrogens with zero attached hydrogens (tertiary/aromatic N) is 1. The van der Waals surface area contributed by atoms with E-state index in [1.54, 1.807) is 11.3 Å². The van der Waals surface area contributed by atoms with Crippen molar-refractivity contribution in [2.24, 2.45) is 5.92 Å². The van der Waals surface area contributed by atoms with Gasteiger partial charge in [0.25, 0.3) is 0 Å². The van der Waals surface area contributed by atoms with Crippen LogP contribution in [0.25, 0.3) is 0 Å². The molecular formula is C14H20N2OS. The molecule has 0 atom stereocenters. The van der Waals surface area contributed by atoms with Crippen molar-refractivity contribution in [1.82, 2.24) is 4.98 Å². The molecule has 0 radical (unpaired) electrons. The van der Waals surface area contributed by atoms with Crippen LogP contribution in [-0.4, -0.2) is 10.9 Å². The van der Waals surface area contributed by atoms with E-state index in [1.165, 1.54) is 42.7 Å². The zero-order valence-corrected chi connectivity index (χ0v) is 11.5. The van der Waals surface area contributed by atoms with Gasteiger partial charge in [-0.15, -0.1) is 11.3 Å². The zero-order chi connectivity index (χ0) is 12.4. The molecule has 1 N–H and O–H groups in total. The number of thiazole rings is 1. The summed E-state index contributed by atoms with van der Waals surface area (Å²) in [5.41, 5.74) is 1.23. The second-order valence-corrected chi connectivity index (χ2v) is 6.50. The van der Waals surface area contributed by atoms with Crippen LogP contribution in [0.5, 0.6) is 0 Å². The maximum Gasteiger partial charge on any atom is 0.229 e. The van der Waals surface area contributed by atoms with Crippen LogP contribution >= 0.6 is 11.3 Å². The van der Waals surface area contributed by atoms with Gasteiger partial charge in [-0.3, -0.25) is 4.79 Å². The third-order valence-electron chi connectivity index (χ3n) is 4.05. The fourth-order valence-electron chi connectivity index (χ4n) is 2.98. The maximum absolute atomic E-state index is 12.1. The van der Waals surface area contributed by atoms with Gasteiger partial charge in [0.05, 0.1) is 5.69 Å². The molecule has 0 saturated heterocycles. The topological polar surface area (TPSA) is 42.0 Å². The maximum atomic E-state index is 12.1. The van der Waals surface area contributed by atoms with Crippen LogP contribution in [0.2, 0.25) is 0 Å². The summed E-state index contributed by atoms with van der Waals surface area (Å²) >= 11 is 1.68. The summed E-state index contributed by atoms with van der Waals surface area (Å²) in [5, 5.41) is 3.87. The Morgan fingerprint density at radius 3 is 2.67 bits per heavy atom. The molecule has 1 amide bonds. The lowest BCUT2D eigenvalue weighted by atomic mass is 9.89. The van der Waals surface area contributed by atoms with Crippen molar-refractivity contribution in [3.05, 3.63) is 10.6 Å². The van der Waals surface area contributed by atoms with Crippen LogP contribution in [0.3, 0.4) is 0 Å². The molecule has 0 bridgehead atoms. The van der Waals surface area contributed by atoms with Crippen molar-refractivity contribution in [2.45, 2.75) is 57.8 Å². The van der Waals surface area contributed by atoms with Crippen LogP contribution in [0, 0.1) is 5.92 Å². The highest BCUT2D eigenvalue weighted by Gasteiger charge is 2.23. The first-order chi connectivity index (χ1) is 8.83. The minimum absolute atomic E-state index is 0.195. The van der Waals surface area contributed by atoms with Gasteiger partial charge in [0.15, 0.2) is 5.13 Å². The third kappa shape index (κ3) is 2.58. The van der Waals surface area contributed by atoms with E-state index in [0.29, 0.717) is 0 Å². The van der Waals surface area contributed by atoms with Gasteiger partial charge in [0.1, 0.15) is 0 Å². The Bertz CT molecular complexity index is 412. The first-order valence-corrected chi connectivity index (χ1v) is 7.94. The summed E-state index contributed by atoms with van der Waals surface area (Å²) in [6, 6.07) is 0. The van der Waals surface area contributed by atoms with Crippen molar-refractivity contribution in [1.29, 1.82) is 0 Å². The minimum Gasteiger partial charge on any atom is -0.302 e. The number of rotatable bonds is 2. The second-order valence-electron chi connectivity index (χ2n) is 5.42. The monoisotopic (exact) mass is 264 g/mol.